The van der Waals surface area contributed by atoms with Crippen LogP contribution >= 0.6 is 12.4 Å². The fraction of sp³-hybridized carbons (Fsp3) is 0.476. The summed E-state index contributed by atoms with van der Waals surface area (Å²) in [5, 5.41) is 3.48. The molecule has 0 saturated carbocycles. The largest absolute Gasteiger partial charge is 0.494 e. The fourth-order valence-corrected chi connectivity index (χ4v) is 4.20. The molecule has 2 aliphatic rings. The van der Waals surface area contributed by atoms with E-state index in [0.29, 0.717) is 29.4 Å². The first-order chi connectivity index (χ1) is 13.4. The maximum absolute atomic E-state index is 14.5. The Morgan fingerprint density at radius 2 is 2.10 bits per heavy atom. The Hall–Kier alpha value is -2.25. The number of carbonyl (C=O) groups excluding carboxylic acids is 1. The minimum Gasteiger partial charge on any atom is -0.494 e. The molecule has 0 unspecified atom stereocenters. The van der Waals surface area contributed by atoms with E-state index in [-0.39, 0.29) is 30.2 Å². The number of carbonyl (C=O) groups is 1. The molecule has 6 nitrogen and oxygen atoms in total. The van der Waals surface area contributed by atoms with Gasteiger partial charge in [0.05, 0.1) is 18.3 Å². The van der Waals surface area contributed by atoms with Crippen LogP contribution in [0.25, 0.3) is 11.3 Å². The van der Waals surface area contributed by atoms with Crippen molar-refractivity contribution in [2.75, 3.05) is 20.2 Å². The lowest BCUT2D eigenvalue weighted by Gasteiger charge is -2.23. The fourth-order valence-electron chi connectivity index (χ4n) is 4.20. The summed E-state index contributed by atoms with van der Waals surface area (Å²) in [4.78, 5) is 23.6. The third-order valence-corrected chi connectivity index (χ3v) is 5.65. The number of rotatable bonds is 4. The predicted molar refractivity (Wildman–Crippen MR) is 111 cm³/mol. The monoisotopic (exact) mass is 420 g/mol. The number of aryl methyl sites for hydroxylation is 1. The van der Waals surface area contributed by atoms with Crippen LogP contribution in [0, 0.1) is 12.7 Å². The maximum Gasteiger partial charge on any atom is 0.242 e. The molecule has 1 N–H and O–H groups in total. The molecule has 1 spiro atoms. The molecule has 1 aromatic carbocycles. The average molecular weight is 421 g/mol. The number of benzene rings is 1. The molecular formula is C21H26ClFN4O2. The summed E-state index contributed by atoms with van der Waals surface area (Å²) in [5.74, 6) is 0.999. The van der Waals surface area contributed by atoms with Gasteiger partial charge in [0.25, 0.3) is 0 Å². The lowest BCUT2D eigenvalue weighted by molar-refractivity contribution is -0.131. The molecule has 1 aromatic heterocycles. The minimum atomic E-state index is -0.507. The zero-order valence-corrected chi connectivity index (χ0v) is 17.7. The maximum atomic E-state index is 14.5. The zero-order valence-electron chi connectivity index (χ0n) is 16.9. The van der Waals surface area contributed by atoms with Crippen LogP contribution in [-0.2, 0) is 4.79 Å². The number of nitrogens with zero attached hydrogens (tertiary/aromatic N) is 3. The number of hydrogen-bond acceptors (Lipinski definition) is 5. The summed E-state index contributed by atoms with van der Waals surface area (Å²) < 4.78 is 20.0. The van der Waals surface area contributed by atoms with Crippen molar-refractivity contribution in [3.8, 4) is 17.0 Å². The molecule has 0 aliphatic carbocycles. The van der Waals surface area contributed by atoms with Gasteiger partial charge in [-0.05, 0) is 57.4 Å². The molecular weight excluding hydrogens is 395 g/mol. The highest BCUT2D eigenvalue weighted by Gasteiger charge is 2.50. The van der Waals surface area contributed by atoms with Crippen molar-refractivity contribution >= 4 is 18.3 Å². The number of likely N-dealkylation sites (N-methyl/N-ethyl adjacent to an activating group) is 1. The Bertz CT molecular complexity index is 926. The van der Waals surface area contributed by atoms with E-state index < -0.39 is 5.54 Å². The van der Waals surface area contributed by atoms with Crippen LogP contribution in [0.4, 0.5) is 4.39 Å². The number of halogens is 2. The molecule has 8 heteroatoms. The standard InChI is InChI=1S/C21H25FN4O2.ClH/c1-4-28-14-5-6-16(22)15(12-14)18-11-13(2)23-19(24-18)17-7-8-21(25-17)9-10-26(3)20(21)27;/h5-6,11-12,17,25H,4,7-10H2,1-3H3;1H/t17-,21-;/m0./s1. The number of ether oxygens (including phenoxy) is 1. The normalized spacial score (nSPS) is 23.5. The van der Waals surface area contributed by atoms with E-state index in [0.717, 1.165) is 31.5 Å². The van der Waals surface area contributed by atoms with Crippen LogP contribution < -0.4 is 10.1 Å². The third-order valence-electron chi connectivity index (χ3n) is 5.65. The van der Waals surface area contributed by atoms with Crippen molar-refractivity contribution in [1.82, 2.24) is 20.2 Å². The van der Waals surface area contributed by atoms with Gasteiger partial charge >= 0.3 is 0 Å². The van der Waals surface area contributed by atoms with Crippen molar-refractivity contribution in [1.29, 1.82) is 0 Å². The summed E-state index contributed by atoms with van der Waals surface area (Å²) in [6.07, 6.45) is 2.34. The smallest absolute Gasteiger partial charge is 0.242 e. The third kappa shape index (κ3) is 3.94. The quantitative estimate of drug-likeness (QED) is 0.820. The number of hydrogen-bond donors (Lipinski definition) is 1. The van der Waals surface area contributed by atoms with E-state index in [1.807, 2.05) is 20.9 Å². The highest BCUT2D eigenvalue weighted by molar-refractivity contribution is 5.88. The van der Waals surface area contributed by atoms with Gasteiger partial charge in [0.2, 0.25) is 5.91 Å². The van der Waals surface area contributed by atoms with Gasteiger partial charge < -0.3 is 9.64 Å². The second-order valence-corrected chi connectivity index (χ2v) is 7.62. The van der Waals surface area contributed by atoms with Crippen LogP contribution in [0.5, 0.6) is 5.75 Å². The molecule has 3 heterocycles. The molecule has 29 heavy (non-hydrogen) atoms. The van der Waals surface area contributed by atoms with Gasteiger partial charge in [-0.2, -0.15) is 0 Å². The van der Waals surface area contributed by atoms with Crippen molar-refractivity contribution in [2.24, 2.45) is 0 Å². The Kier molecular flexibility index (Phi) is 6.10. The van der Waals surface area contributed by atoms with E-state index in [4.69, 9.17) is 4.74 Å². The molecule has 156 valence electrons. The SMILES string of the molecule is CCOc1ccc(F)c(-c2cc(C)nc([C@@H]3CC[C@@]4(CCN(C)C4=O)N3)n2)c1.Cl. The topological polar surface area (TPSA) is 67.3 Å². The summed E-state index contributed by atoms with van der Waals surface area (Å²) in [7, 11) is 1.83. The minimum absolute atomic E-state index is 0. The van der Waals surface area contributed by atoms with Crippen LogP contribution in [0.3, 0.4) is 0 Å². The van der Waals surface area contributed by atoms with Crippen LogP contribution in [-0.4, -0.2) is 46.5 Å². The Morgan fingerprint density at radius 1 is 1.31 bits per heavy atom. The number of aromatic nitrogens is 2. The second-order valence-electron chi connectivity index (χ2n) is 7.62. The highest BCUT2D eigenvalue weighted by Crippen LogP contribution is 2.38. The van der Waals surface area contributed by atoms with Crippen molar-refractivity contribution in [2.45, 2.75) is 44.7 Å². The average Bonchev–Trinajstić information content (AvgIpc) is 3.23. The molecule has 1 amide bonds. The number of likely N-dealkylation sites (tertiary alicyclic amines) is 1. The lowest BCUT2D eigenvalue weighted by Crippen LogP contribution is -2.47. The first-order valence-electron chi connectivity index (χ1n) is 9.73. The van der Waals surface area contributed by atoms with Crippen LogP contribution in [0.15, 0.2) is 24.3 Å². The van der Waals surface area contributed by atoms with Gasteiger partial charge in [-0.15, -0.1) is 12.4 Å². The van der Waals surface area contributed by atoms with E-state index in [1.54, 1.807) is 23.1 Å². The molecule has 2 atom stereocenters. The van der Waals surface area contributed by atoms with Gasteiger partial charge in [0.15, 0.2) is 0 Å². The number of amides is 1. The van der Waals surface area contributed by atoms with E-state index in [9.17, 15) is 9.18 Å². The lowest BCUT2D eigenvalue weighted by atomic mass is 9.96. The second kappa shape index (κ2) is 8.24. The molecule has 2 fully saturated rings. The van der Waals surface area contributed by atoms with E-state index in [1.165, 1.54) is 6.07 Å². The van der Waals surface area contributed by atoms with Gasteiger partial charge in [-0.25, -0.2) is 14.4 Å². The van der Waals surface area contributed by atoms with Crippen LogP contribution in [0.2, 0.25) is 0 Å². The van der Waals surface area contributed by atoms with Gasteiger partial charge in [0, 0.05) is 24.8 Å². The summed E-state index contributed by atoms with van der Waals surface area (Å²) >= 11 is 0. The van der Waals surface area contributed by atoms with Gasteiger partial charge in [-0.1, -0.05) is 0 Å². The van der Waals surface area contributed by atoms with Gasteiger partial charge in [-0.3, -0.25) is 10.1 Å². The van der Waals surface area contributed by atoms with Crippen molar-refractivity contribution in [3.63, 3.8) is 0 Å². The summed E-state index contributed by atoms with van der Waals surface area (Å²) in [5.41, 5.74) is 1.17. The highest BCUT2D eigenvalue weighted by atomic mass is 35.5. The first kappa shape index (κ1) is 21.5. The molecule has 2 aliphatic heterocycles. The Labute approximate surface area is 176 Å². The van der Waals surface area contributed by atoms with Crippen molar-refractivity contribution in [3.05, 3.63) is 41.6 Å². The first-order valence-corrected chi connectivity index (χ1v) is 9.73. The molecule has 4 rings (SSSR count). The molecule has 0 bridgehead atoms. The Morgan fingerprint density at radius 3 is 2.79 bits per heavy atom. The summed E-state index contributed by atoms with van der Waals surface area (Å²) in [6.45, 7) is 5.03. The van der Waals surface area contributed by atoms with Crippen LogP contribution in [0.1, 0.15) is 43.7 Å². The zero-order chi connectivity index (χ0) is 19.9. The molecule has 0 radical (unpaired) electrons. The summed E-state index contributed by atoms with van der Waals surface area (Å²) in [6, 6.07) is 6.34. The van der Waals surface area contributed by atoms with Crippen molar-refractivity contribution < 1.29 is 13.9 Å². The van der Waals surface area contributed by atoms with E-state index in [2.05, 4.69) is 15.3 Å². The Balaban J connectivity index is 0.00000240. The van der Waals surface area contributed by atoms with E-state index >= 15 is 0 Å². The van der Waals surface area contributed by atoms with Gasteiger partial charge in [0.1, 0.15) is 22.9 Å². The molecule has 2 aromatic rings. The predicted octanol–water partition coefficient (Wildman–Crippen LogP) is 3.44. The number of nitrogens with one attached hydrogen (secondary N) is 1. The molecule has 2 saturated heterocycles.